The van der Waals surface area contributed by atoms with E-state index in [9.17, 15) is 8.42 Å². The smallest absolute Gasteiger partial charge is 0.238 e. The third-order valence-corrected chi connectivity index (χ3v) is 5.37. The molecule has 3 N–H and O–H groups in total. The van der Waals surface area contributed by atoms with Crippen LogP contribution >= 0.6 is 0 Å². The van der Waals surface area contributed by atoms with E-state index in [1.807, 2.05) is 6.07 Å². The number of rotatable bonds is 5. The predicted octanol–water partition coefficient (Wildman–Crippen LogP) is 1.05. The number of hydrogen-bond acceptors (Lipinski definition) is 4. The van der Waals surface area contributed by atoms with Crippen molar-refractivity contribution >= 4 is 10.0 Å². The lowest BCUT2D eigenvalue weighted by molar-refractivity contribution is 0.255. The molecule has 21 heavy (non-hydrogen) atoms. The molecule has 3 rings (SSSR count). The molecule has 0 spiro atoms. The van der Waals surface area contributed by atoms with Crippen molar-refractivity contribution in [2.24, 2.45) is 5.14 Å². The minimum absolute atomic E-state index is 0.182. The molecule has 5 nitrogen and oxygen atoms in total. The standard InChI is InChI=1S/C15H23N3O2S/c1-11-7-13(10-18(11)14-5-6-14)17-9-12-3-2-4-15(8-12)21(16,19)20/h2-4,8,11,13-14,17H,5-7,9-10H2,1H3,(H2,16,19,20). The van der Waals surface area contributed by atoms with Gasteiger partial charge in [0.2, 0.25) is 10.0 Å². The zero-order chi connectivity index (χ0) is 15.0. The molecule has 1 aliphatic carbocycles. The van der Waals surface area contributed by atoms with E-state index >= 15 is 0 Å². The molecule has 1 saturated carbocycles. The Bertz CT molecular complexity index is 613. The van der Waals surface area contributed by atoms with Crippen LogP contribution in [-0.4, -0.2) is 38.0 Å². The highest BCUT2D eigenvalue weighted by atomic mass is 32.2. The Kier molecular flexibility index (Phi) is 4.05. The topological polar surface area (TPSA) is 75.4 Å². The van der Waals surface area contributed by atoms with Crippen LogP contribution < -0.4 is 10.5 Å². The Labute approximate surface area is 126 Å². The van der Waals surface area contributed by atoms with E-state index in [2.05, 4.69) is 17.1 Å². The highest BCUT2D eigenvalue weighted by Crippen LogP contribution is 2.33. The van der Waals surface area contributed by atoms with E-state index in [0.717, 1.165) is 24.6 Å². The lowest BCUT2D eigenvalue weighted by Gasteiger charge is -2.19. The monoisotopic (exact) mass is 309 g/mol. The highest BCUT2D eigenvalue weighted by molar-refractivity contribution is 7.89. The molecule has 1 heterocycles. The Morgan fingerprint density at radius 1 is 1.38 bits per heavy atom. The summed E-state index contributed by atoms with van der Waals surface area (Å²) in [5.41, 5.74) is 0.957. The Morgan fingerprint density at radius 3 is 2.81 bits per heavy atom. The first-order valence-corrected chi connectivity index (χ1v) is 9.09. The Balaban J connectivity index is 1.58. The van der Waals surface area contributed by atoms with Crippen molar-refractivity contribution in [2.45, 2.75) is 55.8 Å². The number of nitrogens with two attached hydrogens (primary N) is 1. The molecule has 0 radical (unpaired) electrons. The van der Waals surface area contributed by atoms with Gasteiger partial charge in [0.1, 0.15) is 0 Å². The zero-order valence-electron chi connectivity index (χ0n) is 12.3. The summed E-state index contributed by atoms with van der Waals surface area (Å²) >= 11 is 0. The molecule has 2 aliphatic rings. The SMILES string of the molecule is CC1CC(NCc2cccc(S(N)(=O)=O)c2)CN1C1CC1. The van der Waals surface area contributed by atoms with Crippen molar-refractivity contribution in [1.82, 2.24) is 10.2 Å². The van der Waals surface area contributed by atoms with Gasteiger partial charge in [-0.1, -0.05) is 12.1 Å². The first kappa shape index (κ1) is 15.0. The van der Waals surface area contributed by atoms with Gasteiger partial charge in [-0.3, -0.25) is 4.90 Å². The summed E-state index contributed by atoms with van der Waals surface area (Å²) in [5, 5.41) is 8.71. The second-order valence-electron chi connectivity index (χ2n) is 6.28. The Hall–Kier alpha value is -0.950. The quantitative estimate of drug-likeness (QED) is 0.852. The lowest BCUT2D eigenvalue weighted by atomic mass is 10.1. The molecular weight excluding hydrogens is 286 g/mol. The van der Waals surface area contributed by atoms with Gasteiger partial charge >= 0.3 is 0 Å². The van der Waals surface area contributed by atoms with E-state index < -0.39 is 10.0 Å². The molecule has 116 valence electrons. The molecule has 1 saturated heterocycles. The maximum atomic E-state index is 11.4. The number of likely N-dealkylation sites (tertiary alicyclic amines) is 1. The number of primary sulfonamides is 1. The Morgan fingerprint density at radius 2 is 2.14 bits per heavy atom. The van der Waals surface area contributed by atoms with Crippen LogP contribution in [0, 0.1) is 0 Å². The molecule has 0 amide bonds. The van der Waals surface area contributed by atoms with Gasteiger partial charge in [0.25, 0.3) is 0 Å². The summed E-state index contributed by atoms with van der Waals surface area (Å²) in [6, 6.07) is 8.79. The van der Waals surface area contributed by atoms with Crippen LogP contribution in [0.3, 0.4) is 0 Å². The van der Waals surface area contributed by atoms with Crippen molar-refractivity contribution in [2.75, 3.05) is 6.54 Å². The van der Waals surface area contributed by atoms with Crippen LogP contribution in [-0.2, 0) is 16.6 Å². The van der Waals surface area contributed by atoms with Gasteiger partial charge in [-0.05, 0) is 43.9 Å². The van der Waals surface area contributed by atoms with Crippen molar-refractivity contribution in [1.29, 1.82) is 0 Å². The summed E-state index contributed by atoms with van der Waals surface area (Å²) in [4.78, 5) is 2.78. The van der Waals surface area contributed by atoms with Crippen LogP contribution in [0.15, 0.2) is 29.2 Å². The summed E-state index contributed by atoms with van der Waals surface area (Å²) in [6.45, 7) is 4.07. The molecule has 6 heteroatoms. The summed E-state index contributed by atoms with van der Waals surface area (Å²) in [7, 11) is -3.62. The first-order valence-electron chi connectivity index (χ1n) is 7.54. The van der Waals surface area contributed by atoms with Gasteiger partial charge in [-0.25, -0.2) is 13.6 Å². The number of sulfonamides is 1. The van der Waals surface area contributed by atoms with Crippen LogP contribution in [0.5, 0.6) is 0 Å². The average Bonchev–Trinajstić information content (AvgIpc) is 3.20. The van der Waals surface area contributed by atoms with Crippen LogP contribution in [0.2, 0.25) is 0 Å². The predicted molar refractivity (Wildman–Crippen MR) is 82.2 cm³/mol. The first-order chi connectivity index (χ1) is 9.93. The zero-order valence-corrected chi connectivity index (χ0v) is 13.1. The third kappa shape index (κ3) is 3.63. The maximum absolute atomic E-state index is 11.4. The van der Waals surface area contributed by atoms with Crippen molar-refractivity contribution in [3.8, 4) is 0 Å². The minimum Gasteiger partial charge on any atom is -0.309 e. The fraction of sp³-hybridized carbons (Fsp3) is 0.600. The van der Waals surface area contributed by atoms with Gasteiger partial charge in [-0.2, -0.15) is 0 Å². The molecule has 0 aromatic heterocycles. The molecular formula is C15H23N3O2S. The second-order valence-corrected chi connectivity index (χ2v) is 7.84. The van der Waals surface area contributed by atoms with E-state index in [0.29, 0.717) is 18.6 Å². The molecule has 2 fully saturated rings. The summed E-state index contributed by atoms with van der Waals surface area (Å²) in [5.74, 6) is 0. The normalized spacial score (nSPS) is 27.1. The maximum Gasteiger partial charge on any atom is 0.238 e. The molecule has 0 bridgehead atoms. The van der Waals surface area contributed by atoms with Gasteiger partial charge < -0.3 is 5.32 Å². The number of nitrogens with one attached hydrogen (secondary N) is 1. The molecule has 1 aromatic rings. The second kappa shape index (κ2) is 5.68. The van der Waals surface area contributed by atoms with E-state index in [1.54, 1.807) is 12.1 Å². The van der Waals surface area contributed by atoms with E-state index in [4.69, 9.17) is 5.14 Å². The van der Waals surface area contributed by atoms with Crippen LogP contribution in [0.1, 0.15) is 31.7 Å². The minimum atomic E-state index is -3.62. The van der Waals surface area contributed by atoms with E-state index in [-0.39, 0.29) is 4.90 Å². The van der Waals surface area contributed by atoms with Crippen molar-refractivity contribution in [3.63, 3.8) is 0 Å². The summed E-state index contributed by atoms with van der Waals surface area (Å²) < 4.78 is 22.7. The fourth-order valence-electron chi connectivity index (χ4n) is 3.21. The molecule has 2 unspecified atom stereocenters. The number of benzene rings is 1. The molecule has 1 aliphatic heterocycles. The lowest BCUT2D eigenvalue weighted by Crippen LogP contribution is -2.33. The van der Waals surface area contributed by atoms with Gasteiger partial charge in [0.05, 0.1) is 4.90 Å². The number of nitrogens with zero attached hydrogens (tertiary/aromatic N) is 1. The van der Waals surface area contributed by atoms with Gasteiger partial charge in [0, 0.05) is 31.2 Å². The van der Waals surface area contributed by atoms with E-state index in [1.165, 1.54) is 18.9 Å². The van der Waals surface area contributed by atoms with Gasteiger partial charge in [0.15, 0.2) is 0 Å². The van der Waals surface area contributed by atoms with Crippen LogP contribution in [0.25, 0.3) is 0 Å². The molecule has 2 atom stereocenters. The largest absolute Gasteiger partial charge is 0.309 e. The third-order valence-electron chi connectivity index (χ3n) is 4.46. The van der Waals surface area contributed by atoms with Crippen molar-refractivity contribution < 1.29 is 8.42 Å². The molecule has 1 aromatic carbocycles. The average molecular weight is 309 g/mol. The van der Waals surface area contributed by atoms with Gasteiger partial charge in [-0.15, -0.1) is 0 Å². The number of hydrogen-bond donors (Lipinski definition) is 2. The van der Waals surface area contributed by atoms with Crippen LogP contribution in [0.4, 0.5) is 0 Å². The highest BCUT2D eigenvalue weighted by Gasteiger charge is 2.38. The fourth-order valence-corrected chi connectivity index (χ4v) is 3.80. The van der Waals surface area contributed by atoms with Crippen molar-refractivity contribution in [3.05, 3.63) is 29.8 Å². The summed E-state index contributed by atoms with van der Waals surface area (Å²) in [6.07, 6.45) is 3.84.